The van der Waals surface area contributed by atoms with E-state index >= 15 is 0 Å². The monoisotopic (exact) mass is 447 g/mol. The Hall–Kier alpha value is -3.19. The minimum absolute atomic E-state index is 0.0278. The number of hydrogen-bond acceptors (Lipinski definition) is 5. The number of likely N-dealkylation sites (tertiary alicyclic amines) is 1. The molecular formula is C26H29N3O4. The Balaban J connectivity index is 1.05. The van der Waals surface area contributed by atoms with Crippen molar-refractivity contribution < 1.29 is 19.1 Å². The molecular weight excluding hydrogens is 418 g/mol. The number of carbonyl (C=O) groups is 3. The van der Waals surface area contributed by atoms with Crippen LogP contribution in [-0.4, -0.2) is 54.4 Å². The zero-order valence-corrected chi connectivity index (χ0v) is 18.8. The number of hydrogen-bond donors (Lipinski definition) is 2. The number of aryl methyl sites for hydroxylation is 1. The maximum atomic E-state index is 12.3. The SMILES string of the molecule is Cc1cccc(C(=O)NCC(=O)NC2CN(C3CCC4(CC3)OC(=O)c3ccccc34)C2)c1. The molecule has 2 aromatic rings. The molecule has 2 aliphatic heterocycles. The highest BCUT2D eigenvalue weighted by Crippen LogP contribution is 2.47. The summed E-state index contributed by atoms with van der Waals surface area (Å²) in [5.74, 6) is -0.614. The van der Waals surface area contributed by atoms with Crippen molar-refractivity contribution in [2.24, 2.45) is 0 Å². The molecule has 2 aromatic carbocycles. The lowest BCUT2D eigenvalue weighted by molar-refractivity contribution is -0.122. The molecule has 7 heteroatoms. The van der Waals surface area contributed by atoms with E-state index in [1.54, 1.807) is 12.1 Å². The van der Waals surface area contributed by atoms with Crippen molar-refractivity contribution in [1.29, 1.82) is 0 Å². The van der Waals surface area contributed by atoms with Crippen molar-refractivity contribution in [3.05, 3.63) is 70.8 Å². The molecule has 5 rings (SSSR count). The highest BCUT2D eigenvalue weighted by Gasteiger charge is 2.48. The Labute approximate surface area is 193 Å². The number of amides is 2. The van der Waals surface area contributed by atoms with E-state index in [0.29, 0.717) is 17.2 Å². The first-order valence-electron chi connectivity index (χ1n) is 11.6. The molecule has 7 nitrogen and oxygen atoms in total. The van der Waals surface area contributed by atoms with Crippen LogP contribution in [-0.2, 0) is 15.1 Å². The van der Waals surface area contributed by atoms with Gasteiger partial charge in [0.15, 0.2) is 0 Å². The molecule has 0 atom stereocenters. The lowest BCUT2D eigenvalue weighted by Gasteiger charge is -2.48. The average molecular weight is 448 g/mol. The highest BCUT2D eigenvalue weighted by atomic mass is 16.6. The third-order valence-electron chi connectivity index (χ3n) is 7.17. The van der Waals surface area contributed by atoms with Crippen LogP contribution >= 0.6 is 0 Å². The first-order valence-corrected chi connectivity index (χ1v) is 11.6. The molecule has 0 unspecified atom stereocenters. The molecule has 1 spiro atoms. The van der Waals surface area contributed by atoms with E-state index in [1.807, 2.05) is 43.3 Å². The minimum Gasteiger partial charge on any atom is -0.451 e. The van der Waals surface area contributed by atoms with Gasteiger partial charge in [-0.2, -0.15) is 0 Å². The Bertz CT molecular complexity index is 1080. The molecule has 33 heavy (non-hydrogen) atoms. The summed E-state index contributed by atoms with van der Waals surface area (Å²) >= 11 is 0. The Kier molecular flexibility index (Phi) is 5.66. The Morgan fingerprint density at radius 3 is 2.61 bits per heavy atom. The van der Waals surface area contributed by atoms with Crippen LogP contribution in [0.2, 0.25) is 0 Å². The first kappa shape index (κ1) is 21.6. The predicted octanol–water partition coefficient (Wildman–Crippen LogP) is 2.53. The molecule has 2 fully saturated rings. The predicted molar refractivity (Wildman–Crippen MR) is 123 cm³/mol. The second-order valence-electron chi connectivity index (χ2n) is 9.43. The molecule has 2 amide bonds. The van der Waals surface area contributed by atoms with Crippen molar-refractivity contribution in [3.63, 3.8) is 0 Å². The van der Waals surface area contributed by atoms with Crippen molar-refractivity contribution in [3.8, 4) is 0 Å². The summed E-state index contributed by atoms with van der Waals surface area (Å²) in [4.78, 5) is 39.1. The van der Waals surface area contributed by atoms with Gasteiger partial charge in [0, 0.05) is 30.3 Å². The van der Waals surface area contributed by atoms with Crippen LogP contribution in [0.3, 0.4) is 0 Å². The number of fused-ring (bicyclic) bond motifs is 2. The fourth-order valence-electron chi connectivity index (χ4n) is 5.38. The van der Waals surface area contributed by atoms with E-state index in [4.69, 9.17) is 4.74 Å². The number of ether oxygens (including phenoxy) is 1. The van der Waals surface area contributed by atoms with Crippen LogP contribution < -0.4 is 10.6 Å². The van der Waals surface area contributed by atoms with Gasteiger partial charge in [-0.25, -0.2) is 4.79 Å². The zero-order valence-electron chi connectivity index (χ0n) is 18.8. The maximum Gasteiger partial charge on any atom is 0.339 e. The summed E-state index contributed by atoms with van der Waals surface area (Å²) in [7, 11) is 0. The molecule has 172 valence electrons. The molecule has 1 saturated heterocycles. The first-order chi connectivity index (χ1) is 15.9. The standard InChI is InChI=1S/C26H29N3O4/c1-17-5-4-6-18(13-17)24(31)27-14-23(30)28-19-15-29(16-19)20-9-11-26(12-10-20)22-8-3-2-7-21(22)25(32)33-26/h2-8,13,19-20H,9-12,14-16H2,1H3,(H,27,31)(H,28,30). The number of rotatable bonds is 5. The van der Waals surface area contributed by atoms with Crippen LogP contribution in [0.15, 0.2) is 48.5 Å². The third kappa shape index (κ3) is 4.25. The van der Waals surface area contributed by atoms with E-state index in [1.165, 1.54) is 0 Å². The number of esters is 1. The molecule has 1 aliphatic carbocycles. The normalized spacial score (nSPS) is 24.6. The molecule has 2 N–H and O–H groups in total. The van der Waals surface area contributed by atoms with Gasteiger partial charge in [-0.1, -0.05) is 35.9 Å². The largest absolute Gasteiger partial charge is 0.451 e. The van der Waals surface area contributed by atoms with Gasteiger partial charge in [0.25, 0.3) is 5.91 Å². The lowest BCUT2D eigenvalue weighted by atomic mass is 9.76. The number of nitrogens with one attached hydrogen (secondary N) is 2. The summed E-state index contributed by atoms with van der Waals surface area (Å²) in [5, 5.41) is 5.69. The minimum atomic E-state index is -0.460. The van der Waals surface area contributed by atoms with Gasteiger partial charge in [-0.15, -0.1) is 0 Å². The van der Waals surface area contributed by atoms with Gasteiger partial charge >= 0.3 is 5.97 Å². The quantitative estimate of drug-likeness (QED) is 0.688. The maximum absolute atomic E-state index is 12.3. The van der Waals surface area contributed by atoms with Gasteiger partial charge in [0.05, 0.1) is 18.2 Å². The van der Waals surface area contributed by atoms with E-state index in [-0.39, 0.29) is 30.4 Å². The second-order valence-corrected chi connectivity index (χ2v) is 9.43. The van der Waals surface area contributed by atoms with Gasteiger partial charge in [-0.05, 0) is 50.8 Å². The lowest BCUT2D eigenvalue weighted by Crippen LogP contribution is -2.63. The fourth-order valence-corrected chi connectivity index (χ4v) is 5.38. The average Bonchev–Trinajstić information content (AvgIpc) is 3.07. The van der Waals surface area contributed by atoms with Crippen LogP contribution in [0.1, 0.15) is 57.5 Å². The number of benzene rings is 2. The van der Waals surface area contributed by atoms with E-state index < -0.39 is 5.60 Å². The van der Waals surface area contributed by atoms with Crippen LogP contribution in [0, 0.1) is 6.92 Å². The highest BCUT2D eigenvalue weighted by molar-refractivity contribution is 5.96. The fraction of sp³-hybridized carbons (Fsp3) is 0.423. The summed E-state index contributed by atoms with van der Waals surface area (Å²) < 4.78 is 5.85. The number of nitrogens with zero attached hydrogens (tertiary/aromatic N) is 1. The van der Waals surface area contributed by atoms with E-state index in [9.17, 15) is 14.4 Å². The van der Waals surface area contributed by atoms with Crippen molar-refractivity contribution in [1.82, 2.24) is 15.5 Å². The van der Waals surface area contributed by atoms with Gasteiger partial charge in [-0.3, -0.25) is 14.5 Å². The Morgan fingerprint density at radius 1 is 1.09 bits per heavy atom. The second kappa shape index (κ2) is 8.63. The topological polar surface area (TPSA) is 87.7 Å². The van der Waals surface area contributed by atoms with Gasteiger partial charge < -0.3 is 15.4 Å². The summed E-state index contributed by atoms with van der Waals surface area (Å²) in [5.41, 5.74) is 2.85. The molecule has 0 aromatic heterocycles. The van der Waals surface area contributed by atoms with Crippen LogP contribution in [0.5, 0.6) is 0 Å². The summed E-state index contributed by atoms with van der Waals surface area (Å²) in [6.45, 7) is 3.52. The number of carbonyl (C=O) groups excluding carboxylic acids is 3. The molecule has 0 bridgehead atoms. The summed E-state index contributed by atoms with van der Waals surface area (Å²) in [6.07, 6.45) is 3.60. The van der Waals surface area contributed by atoms with Crippen LogP contribution in [0.25, 0.3) is 0 Å². The van der Waals surface area contributed by atoms with Crippen molar-refractivity contribution >= 4 is 17.8 Å². The van der Waals surface area contributed by atoms with Gasteiger partial charge in [0.1, 0.15) is 5.60 Å². The van der Waals surface area contributed by atoms with E-state index in [0.717, 1.165) is 49.9 Å². The molecule has 0 radical (unpaired) electrons. The Morgan fingerprint density at radius 2 is 1.85 bits per heavy atom. The summed E-state index contributed by atoms with van der Waals surface area (Å²) in [6, 6.07) is 15.6. The molecule has 1 saturated carbocycles. The molecule has 2 heterocycles. The van der Waals surface area contributed by atoms with Crippen molar-refractivity contribution in [2.75, 3.05) is 19.6 Å². The van der Waals surface area contributed by atoms with Crippen LogP contribution in [0.4, 0.5) is 0 Å². The smallest absolute Gasteiger partial charge is 0.339 e. The van der Waals surface area contributed by atoms with Gasteiger partial charge in [0.2, 0.25) is 5.91 Å². The molecule has 3 aliphatic rings. The van der Waals surface area contributed by atoms with Crippen molar-refractivity contribution in [2.45, 2.75) is 50.3 Å². The van der Waals surface area contributed by atoms with E-state index in [2.05, 4.69) is 15.5 Å². The third-order valence-corrected chi connectivity index (χ3v) is 7.17. The zero-order chi connectivity index (χ0) is 23.0.